The van der Waals surface area contributed by atoms with Gasteiger partial charge in [-0.15, -0.1) is 0 Å². The van der Waals surface area contributed by atoms with Crippen LogP contribution < -0.4 is 10.6 Å². The molecule has 0 atom stereocenters. The van der Waals surface area contributed by atoms with E-state index in [-0.39, 0.29) is 6.03 Å². The smallest absolute Gasteiger partial charge is 0.319 e. The van der Waals surface area contributed by atoms with Crippen molar-refractivity contribution in [3.63, 3.8) is 0 Å². The van der Waals surface area contributed by atoms with Crippen molar-refractivity contribution in [2.75, 3.05) is 12.4 Å². The summed E-state index contributed by atoms with van der Waals surface area (Å²) in [6.07, 6.45) is 0. The van der Waals surface area contributed by atoms with E-state index in [0.717, 1.165) is 10.2 Å². The highest BCUT2D eigenvalue weighted by atomic mass is 79.9. The van der Waals surface area contributed by atoms with E-state index >= 15 is 0 Å². The largest absolute Gasteiger partial charge is 0.341 e. The van der Waals surface area contributed by atoms with Crippen LogP contribution in [0, 0.1) is 0 Å². The van der Waals surface area contributed by atoms with Crippen molar-refractivity contribution < 1.29 is 4.79 Å². The summed E-state index contributed by atoms with van der Waals surface area (Å²) in [5, 5.41) is 5.13. The normalized spacial score (nSPS) is 9.17. The number of hydrogen-bond acceptors (Lipinski definition) is 1. The first-order valence-electron chi connectivity index (χ1n) is 3.47. The fourth-order valence-corrected chi connectivity index (χ4v) is 1.13. The minimum atomic E-state index is -0.220. The van der Waals surface area contributed by atoms with Crippen LogP contribution in [0.25, 0.3) is 0 Å². The standard InChI is InChI=1S/C8H9BrN2O/c1-10-8(12)11-7-5-3-2-4-6(7)9/h2-5H,1H3,(H2,10,11,12). The Morgan fingerprint density at radius 2 is 2.08 bits per heavy atom. The van der Waals surface area contributed by atoms with Crippen molar-refractivity contribution >= 4 is 27.6 Å². The molecule has 1 aromatic rings. The molecule has 0 aliphatic heterocycles. The number of hydrogen-bond donors (Lipinski definition) is 2. The minimum Gasteiger partial charge on any atom is -0.341 e. The monoisotopic (exact) mass is 228 g/mol. The number of urea groups is 1. The third-order valence-electron chi connectivity index (χ3n) is 1.35. The zero-order valence-corrected chi connectivity index (χ0v) is 8.18. The maximum Gasteiger partial charge on any atom is 0.319 e. The predicted molar refractivity (Wildman–Crippen MR) is 52.2 cm³/mol. The van der Waals surface area contributed by atoms with Crippen LogP contribution in [0.5, 0.6) is 0 Å². The summed E-state index contributed by atoms with van der Waals surface area (Å²) in [6, 6.07) is 7.21. The zero-order chi connectivity index (χ0) is 8.97. The van der Waals surface area contributed by atoms with Gasteiger partial charge in [-0.05, 0) is 28.1 Å². The molecule has 0 aromatic heterocycles. The van der Waals surface area contributed by atoms with E-state index in [4.69, 9.17) is 0 Å². The number of anilines is 1. The molecular weight excluding hydrogens is 220 g/mol. The number of rotatable bonds is 1. The molecule has 0 fully saturated rings. The van der Waals surface area contributed by atoms with Crippen LogP contribution in [-0.4, -0.2) is 13.1 Å². The van der Waals surface area contributed by atoms with Crippen molar-refractivity contribution in [3.8, 4) is 0 Å². The Hall–Kier alpha value is -1.03. The lowest BCUT2D eigenvalue weighted by atomic mass is 10.3. The Balaban J connectivity index is 2.75. The molecule has 0 aliphatic rings. The topological polar surface area (TPSA) is 41.1 Å². The van der Waals surface area contributed by atoms with Crippen molar-refractivity contribution in [3.05, 3.63) is 28.7 Å². The first-order chi connectivity index (χ1) is 5.74. The van der Waals surface area contributed by atoms with Gasteiger partial charge in [0.05, 0.1) is 5.69 Å². The van der Waals surface area contributed by atoms with E-state index in [0.29, 0.717) is 0 Å². The highest BCUT2D eigenvalue weighted by Gasteiger charge is 2.00. The molecule has 64 valence electrons. The van der Waals surface area contributed by atoms with E-state index < -0.39 is 0 Å². The summed E-state index contributed by atoms with van der Waals surface area (Å²) in [5.74, 6) is 0. The Morgan fingerprint density at radius 1 is 1.42 bits per heavy atom. The Bertz CT molecular complexity index is 288. The Morgan fingerprint density at radius 3 is 2.67 bits per heavy atom. The SMILES string of the molecule is CNC(=O)Nc1ccccc1Br. The summed E-state index contributed by atoms with van der Waals surface area (Å²) in [7, 11) is 1.58. The molecule has 2 N–H and O–H groups in total. The molecule has 0 radical (unpaired) electrons. The average Bonchev–Trinajstić information content (AvgIpc) is 2.09. The summed E-state index contributed by atoms with van der Waals surface area (Å²) >= 11 is 3.31. The molecule has 0 saturated heterocycles. The molecule has 0 aliphatic carbocycles. The maximum atomic E-state index is 10.9. The molecule has 4 heteroatoms. The van der Waals surface area contributed by atoms with Crippen molar-refractivity contribution in [1.29, 1.82) is 0 Å². The molecule has 12 heavy (non-hydrogen) atoms. The maximum absolute atomic E-state index is 10.9. The number of carbonyl (C=O) groups excluding carboxylic acids is 1. The lowest BCUT2D eigenvalue weighted by Crippen LogP contribution is -2.24. The number of benzene rings is 1. The zero-order valence-electron chi connectivity index (χ0n) is 6.60. The van der Waals surface area contributed by atoms with Gasteiger partial charge in [0.2, 0.25) is 0 Å². The molecule has 0 spiro atoms. The van der Waals surface area contributed by atoms with Crippen molar-refractivity contribution in [2.45, 2.75) is 0 Å². The van der Waals surface area contributed by atoms with Crippen LogP contribution in [-0.2, 0) is 0 Å². The quantitative estimate of drug-likeness (QED) is 0.761. The van der Waals surface area contributed by atoms with E-state index in [1.165, 1.54) is 0 Å². The Labute approximate surface area is 79.3 Å². The first-order valence-corrected chi connectivity index (χ1v) is 4.26. The molecule has 1 rings (SSSR count). The van der Waals surface area contributed by atoms with Gasteiger partial charge >= 0.3 is 6.03 Å². The third kappa shape index (κ3) is 2.23. The number of para-hydroxylation sites is 1. The van der Waals surface area contributed by atoms with E-state index in [9.17, 15) is 4.79 Å². The predicted octanol–water partition coefficient (Wildman–Crippen LogP) is 2.20. The molecule has 0 heterocycles. The van der Waals surface area contributed by atoms with E-state index in [2.05, 4.69) is 26.6 Å². The molecule has 0 unspecified atom stereocenters. The third-order valence-corrected chi connectivity index (χ3v) is 2.04. The Kier molecular flexibility index (Phi) is 3.10. The van der Waals surface area contributed by atoms with Crippen molar-refractivity contribution in [1.82, 2.24) is 5.32 Å². The summed E-state index contributed by atoms with van der Waals surface area (Å²) < 4.78 is 0.869. The minimum absolute atomic E-state index is 0.220. The molecule has 0 saturated carbocycles. The van der Waals surface area contributed by atoms with Crippen LogP contribution in [0.3, 0.4) is 0 Å². The first kappa shape index (κ1) is 9.06. The molecule has 0 bridgehead atoms. The van der Waals surface area contributed by atoms with Crippen LogP contribution >= 0.6 is 15.9 Å². The second-order valence-corrected chi connectivity index (χ2v) is 3.04. The highest BCUT2D eigenvalue weighted by Crippen LogP contribution is 2.20. The summed E-state index contributed by atoms with van der Waals surface area (Å²) in [6.45, 7) is 0. The van der Waals surface area contributed by atoms with Gasteiger partial charge in [0, 0.05) is 11.5 Å². The van der Waals surface area contributed by atoms with Crippen LogP contribution in [0.4, 0.5) is 10.5 Å². The average molecular weight is 229 g/mol. The van der Waals surface area contributed by atoms with Gasteiger partial charge in [0.25, 0.3) is 0 Å². The lowest BCUT2D eigenvalue weighted by Gasteiger charge is -2.05. The van der Waals surface area contributed by atoms with Gasteiger partial charge in [0.1, 0.15) is 0 Å². The van der Waals surface area contributed by atoms with Gasteiger partial charge in [-0.2, -0.15) is 0 Å². The fraction of sp³-hybridized carbons (Fsp3) is 0.125. The molecule has 3 nitrogen and oxygen atoms in total. The van der Waals surface area contributed by atoms with Crippen LogP contribution in [0.2, 0.25) is 0 Å². The second kappa shape index (κ2) is 4.11. The van der Waals surface area contributed by atoms with Gasteiger partial charge in [-0.1, -0.05) is 12.1 Å². The number of amides is 2. The number of carbonyl (C=O) groups is 1. The second-order valence-electron chi connectivity index (χ2n) is 2.18. The fourth-order valence-electron chi connectivity index (χ4n) is 0.747. The molecular formula is C8H9BrN2O. The number of halogens is 1. The lowest BCUT2D eigenvalue weighted by molar-refractivity contribution is 0.254. The van der Waals surface area contributed by atoms with Gasteiger partial charge in [-0.3, -0.25) is 0 Å². The highest BCUT2D eigenvalue weighted by molar-refractivity contribution is 9.10. The van der Waals surface area contributed by atoms with Gasteiger partial charge in [0.15, 0.2) is 0 Å². The van der Waals surface area contributed by atoms with Crippen molar-refractivity contribution in [2.24, 2.45) is 0 Å². The van der Waals surface area contributed by atoms with Gasteiger partial charge in [-0.25, -0.2) is 4.79 Å². The molecule has 1 aromatic carbocycles. The summed E-state index contributed by atoms with van der Waals surface area (Å²) in [4.78, 5) is 10.9. The van der Waals surface area contributed by atoms with Crippen LogP contribution in [0.1, 0.15) is 0 Å². The van der Waals surface area contributed by atoms with E-state index in [1.54, 1.807) is 7.05 Å². The summed E-state index contributed by atoms with van der Waals surface area (Å²) in [5.41, 5.74) is 0.761. The van der Waals surface area contributed by atoms with Gasteiger partial charge < -0.3 is 10.6 Å². The molecule has 2 amide bonds. The number of nitrogens with one attached hydrogen (secondary N) is 2. The van der Waals surface area contributed by atoms with E-state index in [1.807, 2.05) is 24.3 Å². The van der Waals surface area contributed by atoms with Crippen LogP contribution in [0.15, 0.2) is 28.7 Å².